The molecule has 2 atom stereocenters. The van der Waals surface area contributed by atoms with Gasteiger partial charge in [-0.1, -0.05) is 12.1 Å². The van der Waals surface area contributed by atoms with Gasteiger partial charge in [0, 0.05) is 19.6 Å². The van der Waals surface area contributed by atoms with Crippen LogP contribution in [-0.4, -0.2) is 45.3 Å². The standard InChI is InChI=1S/C16H21N3O2/c1-12(20)13-6-7-18(10-13)8-9-19-11-17-15-5-3-2-4-14(15)16(19)21/h2-5,11-13,20H,6-10H2,1H3. The molecule has 2 aromatic rings. The molecule has 21 heavy (non-hydrogen) atoms. The Morgan fingerprint density at radius 1 is 1.38 bits per heavy atom. The van der Waals surface area contributed by atoms with E-state index in [4.69, 9.17) is 0 Å². The van der Waals surface area contributed by atoms with Crippen LogP contribution in [0.4, 0.5) is 0 Å². The fourth-order valence-corrected chi connectivity index (χ4v) is 2.97. The molecule has 2 heterocycles. The maximum Gasteiger partial charge on any atom is 0.261 e. The van der Waals surface area contributed by atoms with E-state index in [1.165, 1.54) is 0 Å². The van der Waals surface area contributed by atoms with E-state index in [9.17, 15) is 9.90 Å². The highest BCUT2D eigenvalue weighted by Crippen LogP contribution is 2.19. The van der Waals surface area contributed by atoms with Crippen LogP contribution in [0.3, 0.4) is 0 Å². The largest absolute Gasteiger partial charge is 0.393 e. The van der Waals surface area contributed by atoms with E-state index in [-0.39, 0.29) is 11.7 Å². The molecule has 2 unspecified atom stereocenters. The van der Waals surface area contributed by atoms with Crippen LogP contribution in [0, 0.1) is 5.92 Å². The number of likely N-dealkylation sites (tertiary alicyclic amines) is 1. The van der Waals surface area contributed by atoms with E-state index in [2.05, 4.69) is 9.88 Å². The normalized spacial score (nSPS) is 21.0. The number of fused-ring (bicyclic) bond motifs is 1. The second kappa shape index (κ2) is 5.95. The van der Waals surface area contributed by atoms with Crippen molar-refractivity contribution in [2.24, 2.45) is 5.92 Å². The summed E-state index contributed by atoms with van der Waals surface area (Å²) in [5.74, 6) is 0.358. The Labute approximate surface area is 123 Å². The minimum absolute atomic E-state index is 0.0203. The van der Waals surface area contributed by atoms with Crippen LogP contribution in [-0.2, 0) is 6.54 Å². The molecule has 1 N–H and O–H groups in total. The van der Waals surface area contributed by atoms with Crippen LogP contribution < -0.4 is 5.56 Å². The molecule has 1 saturated heterocycles. The Hall–Kier alpha value is -1.72. The summed E-state index contributed by atoms with van der Waals surface area (Å²) >= 11 is 0. The van der Waals surface area contributed by atoms with Gasteiger partial charge in [-0.2, -0.15) is 0 Å². The van der Waals surface area contributed by atoms with E-state index >= 15 is 0 Å². The zero-order valence-electron chi connectivity index (χ0n) is 12.3. The Morgan fingerprint density at radius 3 is 2.95 bits per heavy atom. The fourth-order valence-electron chi connectivity index (χ4n) is 2.97. The number of aliphatic hydroxyl groups excluding tert-OH is 1. The minimum atomic E-state index is -0.250. The Balaban J connectivity index is 1.69. The van der Waals surface area contributed by atoms with Gasteiger partial charge in [0.05, 0.1) is 23.3 Å². The van der Waals surface area contributed by atoms with Crippen LogP contribution in [0.1, 0.15) is 13.3 Å². The third-order valence-corrected chi connectivity index (χ3v) is 4.38. The molecule has 0 spiro atoms. The van der Waals surface area contributed by atoms with Gasteiger partial charge in [-0.05, 0) is 37.9 Å². The summed E-state index contributed by atoms with van der Waals surface area (Å²) in [5, 5.41) is 10.3. The zero-order chi connectivity index (χ0) is 14.8. The summed E-state index contributed by atoms with van der Waals surface area (Å²) in [6.45, 7) is 5.22. The average molecular weight is 287 g/mol. The minimum Gasteiger partial charge on any atom is -0.393 e. The van der Waals surface area contributed by atoms with Crippen molar-refractivity contribution in [1.82, 2.24) is 14.5 Å². The number of para-hydroxylation sites is 1. The molecule has 0 aliphatic carbocycles. The van der Waals surface area contributed by atoms with Crippen molar-refractivity contribution in [3.8, 4) is 0 Å². The first-order chi connectivity index (χ1) is 10.1. The molecular formula is C16H21N3O2. The lowest BCUT2D eigenvalue weighted by Gasteiger charge is -2.17. The van der Waals surface area contributed by atoms with Crippen LogP contribution in [0.15, 0.2) is 35.4 Å². The number of hydrogen-bond acceptors (Lipinski definition) is 4. The van der Waals surface area contributed by atoms with E-state index in [1.54, 1.807) is 10.9 Å². The third kappa shape index (κ3) is 2.99. The molecule has 1 aromatic heterocycles. The Bertz CT molecular complexity index is 681. The van der Waals surface area contributed by atoms with E-state index in [1.807, 2.05) is 31.2 Å². The molecule has 112 valence electrons. The molecule has 0 amide bonds. The highest BCUT2D eigenvalue weighted by atomic mass is 16.3. The van der Waals surface area contributed by atoms with E-state index in [0.717, 1.165) is 31.6 Å². The van der Waals surface area contributed by atoms with Crippen LogP contribution in [0.2, 0.25) is 0 Å². The molecule has 3 rings (SSSR count). The van der Waals surface area contributed by atoms with Gasteiger partial charge < -0.3 is 10.0 Å². The maximum absolute atomic E-state index is 12.4. The first-order valence-electron chi connectivity index (χ1n) is 7.50. The Morgan fingerprint density at radius 2 is 2.19 bits per heavy atom. The predicted octanol–water partition coefficient (Wildman–Crippen LogP) is 1.10. The number of aliphatic hydroxyl groups is 1. The first-order valence-corrected chi connectivity index (χ1v) is 7.50. The van der Waals surface area contributed by atoms with Crippen molar-refractivity contribution >= 4 is 10.9 Å². The van der Waals surface area contributed by atoms with E-state index < -0.39 is 0 Å². The molecule has 5 nitrogen and oxygen atoms in total. The lowest BCUT2D eigenvalue weighted by Crippen LogP contribution is -2.31. The summed E-state index contributed by atoms with van der Waals surface area (Å²) in [7, 11) is 0. The van der Waals surface area contributed by atoms with Crippen molar-refractivity contribution in [3.63, 3.8) is 0 Å². The van der Waals surface area contributed by atoms with Gasteiger partial charge in [-0.3, -0.25) is 9.36 Å². The van der Waals surface area contributed by atoms with Gasteiger partial charge in [0.2, 0.25) is 0 Å². The van der Waals surface area contributed by atoms with Crippen LogP contribution in [0.25, 0.3) is 10.9 Å². The van der Waals surface area contributed by atoms with Crippen LogP contribution in [0.5, 0.6) is 0 Å². The van der Waals surface area contributed by atoms with Crippen molar-refractivity contribution < 1.29 is 5.11 Å². The third-order valence-electron chi connectivity index (χ3n) is 4.38. The SMILES string of the molecule is CC(O)C1CCN(CCn2cnc3ccccc3c2=O)C1. The number of rotatable bonds is 4. The molecule has 1 aliphatic heterocycles. The number of aromatic nitrogens is 2. The van der Waals surface area contributed by atoms with Gasteiger partial charge in [0.25, 0.3) is 5.56 Å². The van der Waals surface area contributed by atoms with Gasteiger partial charge in [0.15, 0.2) is 0 Å². The molecule has 0 radical (unpaired) electrons. The summed E-state index contributed by atoms with van der Waals surface area (Å²) in [5.41, 5.74) is 0.765. The zero-order valence-corrected chi connectivity index (χ0v) is 12.3. The first kappa shape index (κ1) is 14.2. The lowest BCUT2D eigenvalue weighted by atomic mass is 10.0. The molecule has 0 bridgehead atoms. The number of hydrogen-bond donors (Lipinski definition) is 1. The summed E-state index contributed by atoms with van der Waals surface area (Å²) < 4.78 is 1.68. The van der Waals surface area contributed by atoms with Gasteiger partial charge >= 0.3 is 0 Å². The van der Waals surface area contributed by atoms with E-state index in [0.29, 0.717) is 17.8 Å². The Kier molecular flexibility index (Phi) is 4.03. The highest BCUT2D eigenvalue weighted by Gasteiger charge is 2.25. The van der Waals surface area contributed by atoms with Crippen LogP contribution >= 0.6 is 0 Å². The number of benzene rings is 1. The molecule has 0 saturated carbocycles. The lowest BCUT2D eigenvalue weighted by molar-refractivity contribution is 0.127. The quantitative estimate of drug-likeness (QED) is 0.915. The van der Waals surface area contributed by atoms with Crippen molar-refractivity contribution in [2.45, 2.75) is 26.0 Å². The topological polar surface area (TPSA) is 58.4 Å². The van der Waals surface area contributed by atoms with Crippen molar-refractivity contribution in [3.05, 3.63) is 40.9 Å². The van der Waals surface area contributed by atoms with Gasteiger partial charge in [-0.15, -0.1) is 0 Å². The summed E-state index contributed by atoms with van der Waals surface area (Å²) in [6, 6.07) is 7.43. The second-order valence-corrected chi connectivity index (χ2v) is 5.85. The molecule has 1 fully saturated rings. The molecule has 5 heteroatoms. The fraction of sp³-hybridized carbons (Fsp3) is 0.500. The van der Waals surface area contributed by atoms with Crippen molar-refractivity contribution in [1.29, 1.82) is 0 Å². The molecule has 1 aliphatic rings. The maximum atomic E-state index is 12.4. The molecule has 1 aromatic carbocycles. The van der Waals surface area contributed by atoms with Gasteiger partial charge in [0.1, 0.15) is 0 Å². The second-order valence-electron chi connectivity index (χ2n) is 5.85. The monoisotopic (exact) mass is 287 g/mol. The van der Waals surface area contributed by atoms with Gasteiger partial charge in [-0.25, -0.2) is 4.98 Å². The highest BCUT2D eigenvalue weighted by molar-refractivity contribution is 5.76. The number of nitrogens with zero attached hydrogens (tertiary/aromatic N) is 3. The smallest absolute Gasteiger partial charge is 0.261 e. The molecular weight excluding hydrogens is 266 g/mol. The summed E-state index contributed by atoms with van der Waals surface area (Å²) in [6.07, 6.45) is 2.41. The predicted molar refractivity (Wildman–Crippen MR) is 82.2 cm³/mol. The van der Waals surface area contributed by atoms with Crippen molar-refractivity contribution in [2.75, 3.05) is 19.6 Å². The summed E-state index contributed by atoms with van der Waals surface area (Å²) in [4.78, 5) is 19.0. The average Bonchev–Trinajstić information content (AvgIpc) is 2.96.